The summed E-state index contributed by atoms with van der Waals surface area (Å²) in [7, 11) is 0. The number of aliphatic hydroxyl groups is 1. The van der Waals surface area contributed by atoms with Crippen molar-refractivity contribution in [1.82, 2.24) is 0 Å². The van der Waals surface area contributed by atoms with E-state index in [1.54, 1.807) is 0 Å². The van der Waals surface area contributed by atoms with E-state index >= 15 is 0 Å². The zero-order chi connectivity index (χ0) is 17.1. The highest BCUT2D eigenvalue weighted by molar-refractivity contribution is 5.33. The van der Waals surface area contributed by atoms with Crippen LogP contribution in [0.3, 0.4) is 0 Å². The Morgan fingerprint density at radius 1 is 0.957 bits per heavy atom. The van der Waals surface area contributed by atoms with E-state index in [1.807, 2.05) is 32.9 Å². The van der Waals surface area contributed by atoms with Crippen molar-refractivity contribution < 1.29 is 19.3 Å². The summed E-state index contributed by atoms with van der Waals surface area (Å²) in [4.78, 5) is 0. The van der Waals surface area contributed by atoms with Crippen LogP contribution in [0.2, 0.25) is 0 Å². The Hall–Kier alpha value is -1.10. The summed E-state index contributed by atoms with van der Waals surface area (Å²) in [5, 5.41) is 8.93. The fourth-order valence-electron chi connectivity index (χ4n) is 2.14. The van der Waals surface area contributed by atoms with Crippen LogP contribution >= 0.6 is 0 Å². The minimum atomic E-state index is -0.153. The molecule has 0 amide bonds. The molecule has 0 saturated carbocycles. The van der Waals surface area contributed by atoms with Crippen molar-refractivity contribution in [1.29, 1.82) is 0 Å². The third-order valence-corrected chi connectivity index (χ3v) is 3.59. The van der Waals surface area contributed by atoms with Crippen LogP contribution in [0.15, 0.2) is 24.3 Å². The first kappa shape index (κ1) is 19.9. The second-order valence-corrected chi connectivity index (χ2v) is 6.11. The molecule has 0 spiro atoms. The van der Waals surface area contributed by atoms with E-state index in [0.717, 1.165) is 12.2 Å². The van der Waals surface area contributed by atoms with Crippen molar-refractivity contribution in [2.24, 2.45) is 0 Å². The van der Waals surface area contributed by atoms with Crippen LogP contribution in [-0.4, -0.2) is 43.2 Å². The number of para-hydroxylation sites is 1. The lowest BCUT2D eigenvalue weighted by Crippen LogP contribution is -2.27. The molecule has 1 aromatic carbocycles. The van der Waals surface area contributed by atoms with E-state index in [-0.39, 0.29) is 24.9 Å². The van der Waals surface area contributed by atoms with E-state index in [4.69, 9.17) is 19.3 Å². The summed E-state index contributed by atoms with van der Waals surface area (Å²) >= 11 is 0. The molecule has 23 heavy (non-hydrogen) atoms. The lowest BCUT2D eigenvalue weighted by molar-refractivity contribution is -0.0591. The van der Waals surface area contributed by atoms with Crippen LogP contribution < -0.4 is 4.74 Å². The van der Waals surface area contributed by atoms with E-state index in [0.29, 0.717) is 13.2 Å². The Balaban J connectivity index is 2.37. The lowest BCUT2D eigenvalue weighted by Gasteiger charge is -2.21. The van der Waals surface area contributed by atoms with Crippen molar-refractivity contribution in [2.75, 3.05) is 19.8 Å². The first-order valence-corrected chi connectivity index (χ1v) is 8.65. The minimum Gasteiger partial charge on any atom is -0.488 e. The van der Waals surface area contributed by atoms with Crippen molar-refractivity contribution >= 4 is 0 Å². The molecule has 1 N–H and O–H groups in total. The van der Waals surface area contributed by atoms with Gasteiger partial charge in [-0.1, -0.05) is 31.5 Å². The van der Waals surface area contributed by atoms with Crippen LogP contribution in [0.25, 0.3) is 0 Å². The molecule has 0 bridgehead atoms. The van der Waals surface area contributed by atoms with Crippen LogP contribution in [0.1, 0.15) is 46.1 Å². The predicted octanol–water partition coefficient (Wildman–Crippen LogP) is 3.60. The molecule has 1 aromatic rings. The van der Waals surface area contributed by atoms with Gasteiger partial charge in [-0.3, -0.25) is 0 Å². The largest absolute Gasteiger partial charge is 0.488 e. The molecule has 0 aliphatic rings. The maximum absolute atomic E-state index is 8.93. The maximum Gasteiger partial charge on any atom is 0.123 e. The number of benzene rings is 1. The third kappa shape index (κ3) is 8.35. The molecular weight excluding hydrogens is 292 g/mol. The number of aryl methyl sites for hydroxylation is 1. The zero-order valence-electron chi connectivity index (χ0n) is 15.0. The number of rotatable bonds is 12. The van der Waals surface area contributed by atoms with Gasteiger partial charge in [0.1, 0.15) is 11.9 Å². The molecule has 3 unspecified atom stereocenters. The molecule has 0 fully saturated rings. The first-order chi connectivity index (χ1) is 11.1. The van der Waals surface area contributed by atoms with Crippen LogP contribution in [-0.2, 0) is 15.9 Å². The van der Waals surface area contributed by atoms with E-state index in [9.17, 15) is 0 Å². The smallest absolute Gasteiger partial charge is 0.123 e. The first-order valence-electron chi connectivity index (χ1n) is 8.65. The van der Waals surface area contributed by atoms with Gasteiger partial charge in [-0.2, -0.15) is 0 Å². The SMILES string of the molecule is CCCCc1ccccc1OC(C)COC(C)COC(C)CO. The van der Waals surface area contributed by atoms with Crippen LogP contribution in [0.5, 0.6) is 5.75 Å². The van der Waals surface area contributed by atoms with Gasteiger partial charge in [-0.05, 0) is 45.2 Å². The van der Waals surface area contributed by atoms with Gasteiger partial charge in [0.2, 0.25) is 0 Å². The normalized spacial score (nSPS) is 15.2. The van der Waals surface area contributed by atoms with Gasteiger partial charge in [0.15, 0.2) is 0 Å². The Morgan fingerprint density at radius 2 is 1.61 bits per heavy atom. The number of ether oxygens (including phenoxy) is 3. The fraction of sp³-hybridized carbons (Fsp3) is 0.684. The van der Waals surface area contributed by atoms with Gasteiger partial charge in [0, 0.05) is 0 Å². The molecule has 0 saturated heterocycles. The Bertz CT molecular complexity index is 422. The predicted molar refractivity (Wildman–Crippen MR) is 93.1 cm³/mol. The quantitative estimate of drug-likeness (QED) is 0.638. The van der Waals surface area contributed by atoms with Crippen molar-refractivity contribution in [2.45, 2.75) is 65.3 Å². The molecule has 4 heteroatoms. The summed E-state index contributed by atoms with van der Waals surface area (Å²) in [5.74, 6) is 0.954. The molecule has 0 radical (unpaired) electrons. The standard InChI is InChI=1S/C19H32O4/c1-5-6-9-18-10-7-8-11-19(18)23-17(4)14-22-16(3)13-21-15(2)12-20/h7-8,10-11,15-17,20H,5-6,9,12-14H2,1-4H3. The number of hydrogen-bond donors (Lipinski definition) is 1. The molecule has 0 aromatic heterocycles. The van der Waals surface area contributed by atoms with Crippen LogP contribution in [0.4, 0.5) is 0 Å². The average Bonchev–Trinajstić information content (AvgIpc) is 2.57. The van der Waals surface area contributed by atoms with Gasteiger partial charge in [0.05, 0.1) is 32.0 Å². The third-order valence-electron chi connectivity index (χ3n) is 3.59. The molecule has 3 atom stereocenters. The van der Waals surface area contributed by atoms with Crippen LogP contribution in [0, 0.1) is 0 Å². The van der Waals surface area contributed by atoms with E-state index < -0.39 is 0 Å². The van der Waals surface area contributed by atoms with Crippen molar-refractivity contribution in [3.8, 4) is 5.75 Å². The van der Waals surface area contributed by atoms with Crippen molar-refractivity contribution in [3.63, 3.8) is 0 Å². The van der Waals surface area contributed by atoms with Gasteiger partial charge in [0.25, 0.3) is 0 Å². The van der Waals surface area contributed by atoms with Gasteiger partial charge in [-0.25, -0.2) is 0 Å². The molecular formula is C19H32O4. The van der Waals surface area contributed by atoms with Gasteiger partial charge < -0.3 is 19.3 Å². The molecule has 0 heterocycles. The molecule has 132 valence electrons. The highest BCUT2D eigenvalue weighted by Crippen LogP contribution is 2.21. The highest BCUT2D eigenvalue weighted by atomic mass is 16.6. The molecule has 0 aliphatic carbocycles. The highest BCUT2D eigenvalue weighted by Gasteiger charge is 2.11. The monoisotopic (exact) mass is 324 g/mol. The second-order valence-electron chi connectivity index (χ2n) is 6.11. The summed E-state index contributed by atoms with van der Waals surface area (Å²) < 4.78 is 17.2. The Labute approximate surface area is 140 Å². The second kappa shape index (κ2) is 11.4. The fourth-order valence-corrected chi connectivity index (χ4v) is 2.14. The van der Waals surface area contributed by atoms with E-state index in [1.165, 1.54) is 18.4 Å². The molecule has 1 rings (SSSR count). The molecule has 4 nitrogen and oxygen atoms in total. The average molecular weight is 324 g/mol. The summed E-state index contributed by atoms with van der Waals surface area (Å²) in [6.07, 6.45) is 3.20. The zero-order valence-corrected chi connectivity index (χ0v) is 15.0. The summed E-state index contributed by atoms with van der Waals surface area (Å²) in [6.45, 7) is 9.03. The number of unbranched alkanes of at least 4 members (excludes halogenated alkanes) is 1. The number of hydrogen-bond acceptors (Lipinski definition) is 4. The van der Waals surface area contributed by atoms with Crippen molar-refractivity contribution in [3.05, 3.63) is 29.8 Å². The summed E-state index contributed by atoms with van der Waals surface area (Å²) in [6, 6.07) is 8.22. The maximum atomic E-state index is 8.93. The summed E-state index contributed by atoms with van der Waals surface area (Å²) in [5.41, 5.74) is 1.26. The minimum absolute atomic E-state index is 0.0181. The molecule has 0 aliphatic heterocycles. The Morgan fingerprint density at radius 3 is 2.30 bits per heavy atom. The van der Waals surface area contributed by atoms with Gasteiger partial charge in [-0.15, -0.1) is 0 Å². The number of aliphatic hydroxyl groups excluding tert-OH is 1. The topological polar surface area (TPSA) is 47.9 Å². The van der Waals surface area contributed by atoms with E-state index in [2.05, 4.69) is 19.1 Å². The van der Waals surface area contributed by atoms with Gasteiger partial charge >= 0.3 is 0 Å². The Kier molecular flexibility index (Phi) is 9.92. The lowest BCUT2D eigenvalue weighted by atomic mass is 10.1.